The molecule has 1 amide bonds. The van der Waals surface area contributed by atoms with E-state index in [4.69, 9.17) is 10.5 Å². The van der Waals surface area contributed by atoms with Crippen molar-refractivity contribution < 1.29 is 14.3 Å². The first-order valence-electron chi connectivity index (χ1n) is 13.7. The van der Waals surface area contributed by atoms with Crippen LogP contribution in [0, 0.1) is 0 Å². The monoisotopic (exact) mass is 577 g/mol. The number of ether oxygens (including phenoxy) is 1. The number of carbonyl (C=O) groups is 2. The van der Waals surface area contributed by atoms with Gasteiger partial charge in [-0.05, 0) is 0 Å². The molecule has 2 rings (SSSR count). The summed E-state index contributed by atoms with van der Waals surface area (Å²) in [5.41, 5.74) is 5.59. The van der Waals surface area contributed by atoms with E-state index in [9.17, 15) is 9.59 Å². The number of benzene rings is 2. The first-order valence-corrected chi connectivity index (χ1v) is 18.3. The molecule has 0 aliphatic carbocycles. The molecule has 2 N–H and O–H groups in total. The van der Waals surface area contributed by atoms with Crippen LogP contribution < -0.4 is 16.3 Å². The Morgan fingerprint density at radius 2 is 1.17 bits per heavy atom. The number of hydrogen-bond acceptors (Lipinski definition) is 3. The number of hydrogen-bond donors (Lipinski definition) is 1. The van der Waals surface area contributed by atoms with Gasteiger partial charge in [-0.3, -0.25) is 0 Å². The first-order chi connectivity index (χ1) is 17.4. The fourth-order valence-corrected chi connectivity index (χ4v) is 11.9. The minimum atomic E-state index is -3.05. The molecule has 36 heavy (non-hydrogen) atoms. The number of primary amides is 1. The summed E-state index contributed by atoms with van der Waals surface area (Å²) in [7, 11) is 0. The zero-order valence-corrected chi connectivity index (χ0v) is 24.5. The molecule has 0 aliphatic heterocycles. The van der Waals surface area contributed by atoms with Crippen LogP contribution in [0.15, 0.2) is 60.7 Å². The van der Waals surface area contributed by atoms with Gasteiger partial charge in [-0.1, -0.05) is 26.2 Å². The van der Waals surface area contributed by atoms with E-state index in [1.54, 1.807) is 0 Å². The molecule has 0 saturated carbocycles. The Morgan fingerprint density at radius 3 is 1.64 bits per heavy atom. The van der Waals surface area contributed by atoms with Gasteiger partial charge in [0.15, 0.2) is 0 Å². The van der Waals surface area contributed by atoms with Crippen molar-refractivity contribution in [1.29, 1.82) is 0 Å². The molecule has 0 atom stereocenters. The van der Waals surface area contributed by atoms with E-state index in [2.05, 4.69) is 46.7 Å². The van der Waals surface area contributed by atoms with Crippen molar-refractivity contribution in [3.63, 3.8) is 0 Å². The van der Waals surface area contributed by atoms with E-state index in [1.807, 2.05) is 36.4 Å². The third kappa shape index (κ3) is 9.63. The van der Waals surface area contributed by atoms with Gasteiger partial charge in [-0.25, -0.2) is 0 Å². The summed E-state index contributed by atoms with van der Waals surface area (Å²) >= 11 is 4.22. The summed E-state index contributed by atoms with van der Waals surface area (Å²) in [5.74, 6) is -0.510. The Morgan fingerprint density at radius 1 is 0.722 bits per heavy atom. The van der Waals surface area contributed by atoms with Gasteiger partial charge in [-0.2, -0.15) is 0 Å². The van der Waals surface area contributed by atoms with Gasteiger partial charge >= 0.3 is 201 Å². The predicted octanol–water partition coefficient (Wildman–Crippen LogP) is 7.23. The molecule has 0 fully saturated rings. The van der Waals surface area contributed by atoms with Gasteiger partial charge in [-0.15, -0.1) is 0 Å². The Bertz CT molecular complexity index is 867. The summed E-state index contributed by atoms with van der Waals surface area (Å²) < 4.78 is 5.62. The van der Waals surface area contributed by atoms with Crippen molar-refractivity contribution in [2.75, 3.05) is 18.9 Å². The first kappa shape index (κ1) is 30.5. The maximum atomic E-state index is 12.8. The number of halogens is 1. The van der Waals surface area contributed by atoms with Crippen molar-refractivity contribution >= 4 is 43.3 Å². The van der Waals surface area contributed by atoms with Gasteiger partial charge in [0.05, 0.1) is 0 Å². The van der Waals surface area contributed by atoms with Crippen LogP contribution in [0.5, 0.6) is 0 Å². The molecule has 0 radical (unpaired) electrons. The molecule has 0 spiro atoms. The third-order valence-electron chi connectivity index (χ3n) is 7.06. The van der Waals surface area contributed by atoms with Gasteiger partial charge in [0.1, 0.15) is 0 Å². The van der Waals surface area contributed by atoms with Crippen LogP contribution >= 0.6 is 20.8 Å². The molecule has 0 saturated heterocycles. The number of esters is 1. The number of nitrogens with two attached hydrogens (primary N) is 1. The van der Waals surface area contributed by atoms with Crippen LogP contribution in [0.3, 0.4) is 0 Å². The van der Waals surface area contributed by atoms with Gasteiger partial charge in [0.2, 0.25) is 0 Å². The van der Waals surface area contributed by atoms with Crippen LogP contribution in [0.2, 0.25) is 0 Å². The summed E-state index contributed by atoms with van der Waals surface area (Å²) in [4.78, 5) is 24.6. The SMILES string of the molecule is CCCCCCCCCCCCOC(=O)CCP(Br)(CCC(N)=O)(c1ccccc1)c1ccccc1. The Kier molecular flexibility index (Phi) is 13.7. The zero-order chi connectivity index (χ0) is 26.1. The summed E-state index contributed by atoms with van der Waals surface area (Å²) in [6.45, 7) is 2.73. The van der Waals surface area contributed by atoms with E-state index in [0.717, 1.165) is 23.5 Å². The summed E-state index contributed by atoms with van der Waals surface area (Å²) in [6, 6.07) is 20.4. The summed E-state index contributed by atoms with van der Waals surface area (Å²) in [5, 5.41) is -0.806. The molecule has 2 aromatic rings. The van der Waals surface area contributed by atoms with Crippen molar-refractivity contribution in [2.45, 2.75) is 84.0 Å². The average molecular weight is 579 g/mol. The number of carbonyl (C=O) groups excluding carboxylic acids is 2. The normalized spacial score (nSPS) is 12.6. The molecule has 6 heteroatoms. The molecule has 0 aromatic heterocycles. The van der Waals surface area contributed by atoms with E-state index >= 15 is 0 Å². The van der Waals surface area contributed by atoms with Crippen molar-refractivity contribution in [1.82, 2.24) is 0 Å². The zero-order valence-electron chi connectivity index (χ0n) is 22.0. The van der Waals surface area contributed by atoms with E-state index in [0.29, 0.717) is 25.4 Å². The molecule has 4 nitrogen and oxygen atoms in total. The molecule has 0 aliphatic rings. The van der Waals surface area contributed by atoms with E-state index in [-0.39, 0.29) is 18.3 Å². The van der Waals surface area contributed by atoms with E-state index < -0.39 is 5.31 Å². The second kappa shape index (κ2) is 16.2. The molecule has 200 valence electrons. The third-order valence-corrected chi connectivity index (χ3v) is 16.9. The van der Waals surface area contributed by atoms with Crippen LogP contribution in [0.25, 0.3) is 0 Å². The Balaban J connectivity index is 1.93. The fourth-order valence-electron chi connectivity index (χ4n) is 4.83. The molecule has 0 bridgehead atoms. The second-order valence-electron chi connectivity index (χ2n) is 9.86. The van der Waals surface area contributed by atoms with E-state index in [1.165, 1.54) is 51.4 Å². The van der Waals surface area contributed by atoms with Crippen molar-refractivity contribution in [3.8, 4) is 0 Å². The minimum absolute atomic E-state index is 0.176. The molecule has 0 heterocycles. The van der Waals surface area contributed by atoms with Crippen LogP contribution in [-0.2, 0) is 14.3 Å². The van der Waals surface area contributed by atoms with Crippen LogP contribution in [0.4, 0.5) is 0 Å². The predicted molar refractivity (Wildman–Crippen MR) is 159 cm³/mol. The van der Waals surface area contributed by atoms with Crippen LogP contribution in [0.1, 0.15) is 84.0 Å². The molecule has 2 aromatic carbocycles. The average Bonchev–Trinajstić information content (AvgIpc) is 2.90. The number of unbranched alkanes of at least 4 members (excludes halogenated alkanes) is 9. The topological polar surface area (TPSA) is 69.4 Å². The van der Waals surface area contributed by atoms with Crippen molar-refractivity contribution in [2.24, 2.45) is 5.73 Å². The standard InChI is InChI=1S/C30H45BrNO3P/c1-2-3-4-5-6-7-8-9-10-17-24-35-30(34)23-26-36(31,25-22-29(32)33,27-18-13-11-14-19-27)28-20-15-12-16-21-28/h11-16,18-21H,2-10,17,22-26H2,1H3,(H2,32,33). The second-order valence-corrected chi connectivity index (χ2v) is 19.7. The fraction of sp³-hybridized carbons (Fsp3) is 0.533. The molecule has 0 unspecified atom stereocenters. The molecular formula is C30H45BrNO3P. The quantitative estimate of drug-likeness (QED) is 0.109. The van der Waals surface area contributed by atoms with Gasteiger partial charge in [0.25, 0.3) is 0 Å². The Labute approximate surface area is 226 Å². The maximum absolute atomic E-state index is 12.8. The number of rotatable bonds is 19. The Hall–Kier alpha value is -1.71. The van der Waals surface area contributed by atoms with Crippen LogP contribution in [-0.4, -0.2) is 30.8 Å². The van der Waals surface area contributed by atoms with Gasteiger partial charge < -0.3 is 0 Å². The molecular weight excluding hydrogens is 533 g/mol. The van der Waals surface area contributed by atoms with Crippen molar-refractivity contribution in [3.05, 3.63) is 60.7 Å². The number of amides is 1. The van der Waals surface area contributed by atoms with Gasteiger partial charge in [0, 0.05) is 0 Å². The summed E-state index contributed by atoms with van der Waals surface area (Å²) in [6.07, 6.45) is 14.2.